The summed E-state index contributed by atoms with van der Waals surface area (Å²) >= 11 is 0. The molecule has 4 atom stereocenters. The van der Waals surface area contributed by atoms with Gasteiger partial charge >= 0.3 is 5.97 Å². The molecule has 1 rings (SSSR count). The van der Waals surface area contributed by atoms with Gasteiger partial charge in [-0.3, -0.25) is 0 Å². The molecule has 24 heavy (non-hydrogen) atoms. The normalized spacial score (nSPS) is 31.5. The molecule has 0 aliphatic carbocycles. The minimum Gasteiger partial charge on any atom is -0.478 e. The van der Waals surface area contributed by atoms with Crippen LogP contribution in [0.25, 0.3) is 0 Å². The molecule has 7 nitrogen and oxygen atoms in total. The third-order valence-electron chi connectivity index (χ3n) is 4.25. The fourth-order valence-corrected chi connectivity index (χ4v) is 2.65. The maximum atomic E-state index is 10.7. The maximum Gasteiger partial charge on any atom is 0.330 e. The number of carboxylic acid groups (broad SMARTS) is 1. The SMILES string of the molecule is COC1OC(OC)C(O)(CC/C=C(\C)CC/C=C(\C)C(=O)O)C1O. The lowest BCUT2D eigenvalue weighted by atomic mass is 9.91. The summed E-state index contributed by atoms with van der Waals surface area (Å²) < 4.78 is 15.4. The zero-order valence-corrected chi connectivity index (χ0v) is 14.7. The fraction of sp³-hybridized carbons (Fsp3) is 0.706. The number of aliphatic hydroxyl groups is 2. The quantitative estimate of drug-likeness (QED) is 0.431. The summed E-state index contributed by atoms with van der Waals surface area (Å²) in [5, 5.41) is 29.6. The largest absolute Gasteiger partial charge is 0.478 e. The van der Waals surface area contributed by atoms with Gasteiger partial charge in [0.25, 0.3) is 0 Å². The van der Waals surface area contributed by atoms with Gasteiger partial charge in [0.15, 0.2) is 12.6 Å². The molecule has 0 amide bonds. The van der Waals surface area contributed by atoms with Crippen molar-refractivity contribution in [1.29, 1.82) is 0 Å². The lowest BCUT2D eigenvalue weighted by Gasteiger charge is -2.29. The summed E-state index contributed by atoms with van der Waals surface area (Å²) in [6.07, 6.45) is 2.74. The highest BCUT2D eigenvalue weighted by Crippen LogP contribution is 2.35. The average molecular weight is 344 g/mol. The molecule has 0 aromatic heterocycles. The van der Waals surface area contributed by atoms with E-state index in [1.54, 1.807) is 13.0 Å². The Kier molecular flexibility index (Phi) is 8.05. The number of methoxy groups -OCH3 is 2. The van der Waals surface area contributed by atoms with E-state index in [2.05, 4.69) is 0 Å². The van der Waals surface area contributed by atoms with Crippen molar-refractivity contribution in [2.24, 2.45) is 0 Å². The molecule has 7 heteroatoms. The number of allylic oxidation sites excluding steroid dienone is 3. The molecule has 0 spiro atoms. The molecule has 4 unspecified atom stereocenters. The van der Waals surface area contributed by atoms with E-state index in [1.807, 2.05) is 13.0 Å². The third-order valence-corrected chi connectivity index (χ3v) is 4.25. The zero-order valence-electron chi connectivity index (χ0n) is 14.7. The van der Waals surface area contributed by atoms with Gasteiger partial charge in [-0.15, -0.1) is 0 Å². The first-order chi connectivity index (χ1) is 11.3. The van der Waals surface area contributed by atoms with E-state index >= 15 is 0 Å². The van der Waals surface area contributed by atoms with Crippen LogP contribution in [0.5, 0.6) is 0 Å². The number of hydrogen-bond donors (Lipinski definition) is 3. The van der Waals surface area contributed by atoms with E-state index < -0.39 is 30.3 Å². The Balaban J connectivity index is 2.55. The highest BCUT2D eigenvalue weighted by atomic mass is 16.8. The summed E-state index contributed by atoms with van der Waals surface area (Å²) in [6, 6.07) is 0. The van der Waals surface area contributed by atoms with Crippen molar-refractivity contribution < 1.29 is 34.3 Å². The molecule has 3 N–H and O–H groups in total. The summed E-state index contributed by atoms with van der Waals surface area (Å²) in [5.74, 6) is -0.910. The van der Waals surface area contributed by atoms with E-state index in [0.717, 1.165) is 12.0 Å². The predicted octanol–water partition coefficient (Wildman–Crippen LogP) is 1.59. The molecule has 1 aliphatic heterocycles. The number of aliphatic carboxylic acids is 1. The zero-order chi connectivity index (χ0) is 18.3. The summed E-state index contributed by atoms with van der Waals surface area (Å²) in [5.41, 5.74) is -0.123. The Morgan fingerprint density at radius 3 is 2.42 bits per heavy atom. The van der Waals surface area contributed by atoms with Crippen molar-refractivity contribution in [3.05, 3.63) is 23.3 Å². The maximum absolute atomic E-state index is 10.7. The van der Waals surface area contributed by atoms with Gasteiger partial charge in [0, 0.05) is 19.8 Å². The van der Waals surface area contributed by atoms with Crippen LogP contribution in [0.2, 0.25) is 0 Å². The van der Waals surface area contributed by atoms with Gasteiger partial charge in [-0.2, -0.15) is 0 Å². The van der Waals surface area contributed by atoms with E-state index in [0.29, 0.717) is 18.4 Å². The first-order valence-corrected chi connectivity index (χ1v) is 7.93. The molecule has 0 bridgehead atoms. The van der Waals surface area contributed by atoms with Crippen LogP contribution in [-0.4, -0.2) is 59.8 Å². The van der Waals surface area contributed by atoms with E-state index in [4.69, 9.17) is 19.3 Å². The van der Waals surface area contributed by atoms with Crippen molar-refractivity contribution in [2.45, 2.75) is 63.8 Å². The molecule has 1 saturated heterocycles. The van der Waals surface area contributed by atoms with Gasteiger partial charge in [-0.05, 0) is 39.5 Å². The second-order valence-corrected chi connectivity index (χ2v) is 6.06. The van der Waals surface area contributed by atoms with Crippen LogP contribution in [0.15, 0.2) is 23.3 Å². The minimum atomic E-state index is -1.54. The van der Waals surface area contributed by atoms with Crippen LogP contribution in [0.4, 0.5) is 0 Å². The van der Waals surface area contributed by atoms with E-state index in [-0.39, 0.29) is 6.42 Å². The number of rotatable bonds is 9. The van der Waals surface area contributed by atoms with Crippen LogP contribution in [0, 0.1) is 0 Å². The summed E-state index contributed by atoms with van der Waals surface area (Å²) in [7, 11) is 2.79. The molecule has 138 valence electrons. The van der Waals surface area contributed by atoms with Crippen molar-refractivity contribution in [3.8, 4) is 0 Å². The molecule has 0 aromatic rings. The number of carboxylic acids is 1. The molecule has 1 aliphatic rings. The third kappa shape index (κ3) is 5.12. The lowest BCUT2D eigenvalue weighted by Crippen LogP contribution is -2.49. The molecular weight excluding hydrogens is 316 g/mol. The lowest BCUT2D eigenvalue weighted by molar-refractivity contribution is -0.219. The number of carbonyl (C=O) groups is 1. The topological polar surface area (TPSA) is 105 Å². The average Bonchev–Trinajstić information content (AvgIpc) is 2.78. The monoisotopic (exact) mass is 344 g/mol. The number of aliphatic hydroxyl groups excluding tert-OH is 1. The Hall–Kier alpha value is -1.25. The Morgan fingerprint density at radius 1 is 1.21 bits per heavy atom. The van der Waals surface area contributed by atoms with Crippen molar-refractivity contribution >= 4 is 5.97 Å². The summed E-state index contributed by atoms with van der Waals surface area (Å²) in [4.78, 5) is 10.7. The van der Waals surface area contributed by atoms with Gasteiger partial charge in [0.05, 0.1) is 0 Å². The second-order valence-electron chi connectivity index (χ2n) is 6.06. The van der Waals surface area contributed by atoms with Crippen LogP contribution >= 0.6 is 0 Å². The van der Waals surface area contributed by atoms with Crippen LogP contribution < -0.4 is 0 Å². The molecule has 0 aromatic carbocycles. The summed E-state index contributed by atoms with van der Waals surface area (Å²) in [6.45, 7) is 3.51. The smallest absolute Gasteiger partial charge is 0.330 e. The molecule has 1 fully saturated rings. The van der Waals surface area contributed by atoms with Crippen LogP contribution in [-0.2, 0) is 19.0 Å². The van der Waals surface area contributed by atoms with Crippen molar-refractivity contribution in [1.82, 2.24) is 0 Å². The van der Waals surface area contributed by atoms with Gasteiger partial charge < -0.3 is 29.5 Å². The Labute approximate surface area is 142 Å². The van der Waals surface area contributed by atoms with Crippen LogP contribution in [0.3, 0.4) is 0 Å². The van der Waals surface area contributed by atoms with Gasteiger partial charge in [-0.1, -0.05) is 17.7 Å². The number of hydrogen-bond acceptors (Lipinski definition) is 6. The van der Waals surface area contributed by atoms with E-state index in [9.17, 15) is 15.0 Å². The molecule has 0 radical (unpaired) electrons. The first kappa shape index (κ1) is 20.8. The molecule has 0 saturated carbocycles. The molecule has 1 heterocycles. The highest BCUT2D eigenvalue weighted by molar-refractivity contribution is 5.85. The van der Waals surface area contributed by atoms with Crippen molar-refractivity contribution in [3.63, 3.8) is 0 Å². The van der Waals surface area contributed by atoms with Gasteiger partial charge in [-0.25, -0.2) is 4.79 Å². The highest BCUT2D eigenvalue weighted by Gasteiger charge is 2.55. The van der Waals surface area contributed by atoms with E-state index in [1.165, 1.54) is 14.2 Å². The molecular formula is C17H28O7. The van der Waals surface area contributed by atoms with Gasteiger partial charge in [0.2, 0.25) is 0 Å². The van der Waals surface area contributed by atoms with Crippen LogP contribution in [0.1, 0.15) is 39.5 Å². The van der Waals surface area contributed by atoms with Gasteiger partial charge in [0.1, 0.15) is 11.7 Å². The fourth-order valence-electron chi connectivity index (χ4n) is 2.65. The Bertz CT molecular complexity index is 481. The predicted molar refractivity (Wildman–Crippen MR) is 87.3 cm³/mol. The number of ether oxygens (including phenoxy) is 3. The second kappa shape index (κ2) is 9.29. The minimum absolute atomic E-state index is 0.258. The first-order valence-electron chi connectivity index (χ1n) is 7.93. The Morgan fingerprint density at radius 2 is 1.88 bits per heavy atom. The standard InChI is InChI=1S/C17H28O7/c1-11(7-5-9-12(2)14(19)20)8-6-10-17(21)13(18)15(22-3)24-16(17)23-4/h8-9,13,15-16,18,21H,5-7,10H2,1-4H3,(H,19,20)/b11-8+,12-9+. The van der Waals surface area contributed by atoms with Crippen molar-refractivity contribution in [2.75, 3.05) is 14.2 Å².